The van der Waals surface area contributed by atoms with E-state index < -0.39 is 11.6 Å². The molecule has 2 aromatic carbocycles. The van der Waals surface area contributed by atoms with E-state index in [1.165, 1.54) is 12.2 Å². The van der Waals surface area contributed by atoms with Crippen LogP contribution in [0.15, 0.2) is 64.0 Å². The highest BCUT2D eigenvalue weighted by Gasteiger charge is 2.41. The lowest BCUT2D eigenvalue weighted by atomic mass is 9.93. The van der Waals surface area contributed by atoms with Gasteiger partial charge in [-0.15, -0.1) is 0 Å². The number of hydrogen-bond acceptors (Lipinski definition) is 4. The molecular formula is C22H20BrClFN3OS. The molecule has 156 valence electrons. The van der Waals surface area contributed by atoms with Gasteiger partial charge in [0.25, 0.3) is 5.91 Å². The largest absolute Gasteiger partial charge is 0.350 e. The average molecular weight is 509 g/mol. The fourth-order valence-corrected chi connectivity index (χ4v) is 4.83. The first-order valence-electron chi connectivity index (χ1n) is 9.42. The van der Waals surface area contributed by atoms with Crippen molar-refractivity contribution >= 4 is 45.4 Å². The number of alkyl halides is 1. The zero-order valence-corrected chi connectivity index (χ0v) is 19.2. The van der Waals surface area contributed by atoms with E-state index >= 15 is 4.39 Å². The van der Waals surface area contributed by atoms with Crippen molar-refractivity contribution in [3.05, 3.63) is 64.1 Å². The molecule has 0 saturated carbocycles. The van der Waals surface area contributed by atoms with Crippen LogP contribution in [-0.4, -0.2) is 35.5 Å². The molecule has 0 aromatic heterocycles. The van der Waals surface area contributed by atoms with Crippen LogP contribution in [0.2, 0.25) is 5.02 Å². The Kier molecular flexibility index (Phi) is 7.95. The van der Waals surface area contributed by atoms with E-state index in [-0.39, 0.29) is 19.4 Å². The predicted molar refractivity (Wildman–Crippen MR) is 123 cm³/mol. The first-order valence-corrected chi connectivity index (χ1v) is 11.4. The number of nitriles is 1. The number of nitrogens with one attached hydrogen (secondary N) is 1. The number of halogens is 3. The van der Waals surface area contributed by atoms with E-state index in [1.807, 2.05) is 48.5 Å². The van der Waals surface area contributed by atoms with Crippen molar-refractivity contribution in [3.8, 4) is 17.2 Å². The normalized spacial score (nSPS) is 16.3. The second kappa shape index (κ2) is 10.5. The van der Waals surface area contributed by atoms with Gasteiger partial charge in [-0.1, -0.05) is 51.8 Å². The second-order valence-electron chi connectivity index (χ2n) is 6.85. The van der Waals surface area contributed by atoms with E-state index in [4.69, 9.17) is 16.9 Å². The van der Waals surface area contributed by atoms with Gasteiger partial charge >= 0.3 is 0 Å². The highest BCUT2D eigenvalue weighted by Crippen LogP contribution is 2.40. The van der Waals surface area contributed by atoms with Crippen molar-refractivity contribution in [2.75, 3.05) is 19.6 Å². The number of carbonyl (C=O) groups excluding carboxylic acids is 1. The Morgan fingerprint density at radius 2 is 2.03 bits per heavy atom. The Morgan fingerprint density at radius 1 is 1.30 bits per heavy atom. The molecular weight excluding hydrogens is 489 g/mol. The number of allylic oxidation sites excluding steroid dienone is 1. The van der Waals surface area contributed by atoms with Crippen LogP contribution in [-0.2, 0) is 4.79 Å². The lowest BCUT2D eigenvalue weighted by Crippen LogP contribution is -2.49. The summed E-state index contributed by atoms with van der Waals surface area (Å²) in [6.45, 7) is 1.04. The Hall–Kier alpha value is -1.85. The van der Waals surface area contributed by atoms with Crippen LogP contribution in [0.5, 0.6) is 0 Å². The summed E-state index contributed by atoms with van der Waals surface area (Å²) in [4.78, 5) is 13.2. The van der Waals surface area contributed by atoms with Crippen molar-refractivity contribution in [1.29, 1.82) is 5.26 Å². The minimum Gasteiger partial charge on any atom is -0.350 e. The van der Waals surface area contributed by atoms with Crippen LogP contribution in [0.4, 0.5) is 4.39 Å². The third kappa shape index (κ3) is 5.64. The molecule has 1 aliphatic heterocycles. The molecule has 4 nitrogen and oxygen atoms in total. The third-order valence-corrected chi connectivity index (χ3v) is 6.83. The van der Waals surface area contributed by atoms with E-state index in [9.17, 15) is 4.79 Å². The van der Waals surface area contributed by atoms with Crippen molar-refractivity contribution in [1.82, 2.24) is 9.62 Å². The zero-order chi connectivity index (χ0) is 21.6. The zero-order valence-electron chi connectivity index (χ0n) is 16.1. The van der Waals surface area contributed by atoms with E-state index in [1.54, 1.807) is 11.9 Å². The maximum atomic E-state index is 15.1. The van der Waals surface area contributed by atoms with Gasteiger partial charge < -0.3 is 5.32 Å². The monoisotopic (exact) mass is 507 g/mol. The number of rotatable bonds is 6. The van der Waals surface area contributed by atoms with Gasteiger partial charge in [0.15, 0.2) is 5.67 Å². The molecule has 0 atom stereocenters. The molecule has 1 saturated heterocycles. The Morgan fingerprint density at radius 3 is 2.73 bits per heavy atom. The van der Waals surface area contributed by atoms with Crippen molar-refractivity contribution in [2.24, 2.45) is 0 Å². The fourth-order valence-electron chi connectivity index (χ4n) is 3.19. The van der Waals surface area contributed by atoms with Gasteiger partial charge in [-0.25, -0.2) is 8.70 Å². The molecule has 0 radical (unpaired) electrons. The molecule has 1 heterocycles. The number of nitrogens with zero attached hydrogens (tertiary/aromatic N) is 2. The lowest BCUT2D eigenvalue weighted by molar-refractivity contribution is -0.135. The van der Waals surface area contributed by atoms with Gasteiger partial charge in [0.1, 0.15) is 0 Å². The highest BCUT2D eigenvalue weighted by molar-refractivity contribution is 9.10. The second-order valence-corrected chi connectivity index (χ2v) is 9.31. The molecule has 1 N–H and O–H groups in total. The van der Waals surface area contributed by atoms with Crippen LogP contribution in [0.3, 0.4) is 0 Å². The summed E-state index contributed by atoms with van der Waals surface area (Å²) in [5.74, 6) is -0.616. The maximum Gasteiger partial charge on any atom is 0.258 e. The Balaban J connectivity index is 1.67. The minimum absolute atomic E-state index is 0.117. The number of amides is 1. The SMILES string of the molecule is N#C/C=C/CNC(=O)C1(F)CCN(Sc2ccc(Br)cc2-c2ccccc2Cl)CC1. The summed E-state index contributed by atoms with van der Waals surface area (Å²) in [7, 11) is 0. The number of carbonyl (C=O) groups is 1. The standard InChI is InChI=1S/C22H20BrClFN3OS/c23-16-7-8-20(18(15-16)17-5-1-2-6-19(17)24)30-28-13-9-22(25,10-14-28)21(29)27-12-4-3-11-26/h1-8,15H,9-10,12-14H2,(H,27,29)/b4-3+. The van der Waals surface area contributed by atoms with Gasteiger partial charge in [0.05, 0.1) is 6.07 Å². The van der Waals surface area contributed by atoms with Crippen LogP contribution in [0.1, 0.15) is 12.8 Å². The topological polar surface area (TPSA) is 56.1 Å². The van der Waals surface area contributed by atoms with Gasteiger partial charge in [-0.2, -0.15) is 5.26 Å². The summed E-state index contributed by atoms with van der Waals surface area (Å²) in [6, 6.07) is 15.5. The van der Waals surface area contributed by atoms with Crippen molar-refractivity contribution < 1.29 is 9.18 Å². The Labute approximate surface area is 193 Å². The molecule has 8 heteroatoms. The van der Waals surface area contributed by atoms with E-state index in [0.29, 0.717) is 18.1 Å². The molecule has 2 aromatic rings. The van der Waals surface area contributed by atoms with Gasteiger partial charge in [0, 0.05) is 58.5 Å². The highest BCUT2D eigenvalue weighted by atomic mass is 79.9. The van der Waals surface area contributed by atoms with Gasteiger partial charge in [0.2, 0.25) is 0 Å². The summed E-state index contributed by atoms with van der Waals surface area (Å²) in [5, 5.41) is 11.7. The molecule has 1 aliphatic rings. The van der Waals surface area contributed by atoms with Gasteiger partial charge in [-0.05, 0) is 41.8 Å². The summed E-state index contributed by atoms with van der Waals surface area (Å²) in [6.07, 6.45) is 2.99. The fraction of sp³-hybridized carbons (Fsp3) is 0.273. The average Bonchev–Trinajstić information content (AvgIpc) is 2.74. The molecule has 0 aliphatic carbocycles. The van der Waals surface area contributed by atoms with Crippen LogP contribution in [0, 0.1) is 11.3 Å². The quantitative estimate of drug-likeness (QED) is 0.397. The molecule has 0 spiro atoms. The smallest absolute Gasteiger partial charge is 0.258 e. The van der Waals surface area contributed by atoms with Gasteiger partial charge in [-0.3, -0.25) is 4.79 Å². The van der Waals surface area contributed by atoms with Crippen LogP contribution >= 0.6 is 39.5 Å². The Bertz CT molecular complexity index is 987. The van der Waals surface area contributed by atoms with Crippen LogP contribution in [0.25, 0.3) is 11.1 Å². The maximum absolute atomic E-state index is 15.1. The summed E-state index contributed by atoms with van der Waals surface area (Å²) < 4.78 is 18.1. The molecule has 3 rings (SSSR count). The number of benzene rings is 2. The minimum atomic E-state index is -1.89. The molecule has 1 amide bonds. The first-order chi connectivity index (χ1) is 14.4. The molecule has 0 bridgehead atoms. The lowest BCUT2D eigenvalue weighted by Gasteiger charge is -2.34. The summed E-state index contributed by atoms with van der Waals surface area (Å²) in [5.41, 5.74) is 0.0479. The molecule has 0 unspecified atom stereocenters. The first kappa shape index (κ1) is 22.8. The van der Waals surface area contributed by atoms with E-state index in [2.05, 4.69) is 25.6 Å². The molecule has 1 fully saturated rings. The van der Waals surface area contributed by atoms with E-state index in [0.717, 1.165) is 20.5 Å². The van der Waals surface area contributed by atoms with Crippen molar-refractivity contribution in [3.63, 3.8) is 0 Å². The summed E-state index contributed by atoms with van der Waals surface area (Å²) >= 11 is 11.5. The number of piperidine rings is 1. The number of hydrogen-bond donors (Lipinski definition) is 1. The van der Waals surface area contributed by atoms with Crippen molar-refractivity contribution in [2.45, 2.75) is 23.4 Å². The predicted octanol–water partition coefficient (Wildman–Crippen LogP) is 5.78. The third-order valence-electron chi connectivity index (χ3n) is 4.83. The molecule has 30 heavy (non-hydrogen) atoms. The van der Waals surface area contributed by atoms with Crippen LogP contribution < -0.4 is 5.32 Å².